The molecule has 120 valence electrons. The van der Waals surface area contributed by atoms with Gasteiger partial charge in [-0.3, -0.25) is 0 Å². The summed E-state index contributed by atoms with van der Waals surface area (Å²) >= 11 is 0. The average Bonchev–Trinajstić information content (AvgIpc) is 2.50. The minimum Gasteiger partial charge on any atom is -0.494 e. The van der Waals surface area contributed by atoms with E-state index in [1.807, 2.05) is 12.1 Å². The Morgan fingerprint density at radius 1 is 1.00 bits per heavy atom. The first kappa shape index (κ1) is 18.0. The van der Waals surface area contributed by atoms with Gasteiger partial charge in [0, 0.05) is 6.61 Å². The molecule has 0 bridgehead atoms. The summed E-state index contributed by atoms with van der Waals surface area (Å²) in [4.78, 5) is 0. The first-order valence-electron chi connectivity index (χ1n) is 8.27. The van der Waals surface area contributed by atoms with Crippen LogP contribution < -0.4 is 4.74 Å². The van der Waals surface area contributed by atoms with Crippen LogP contribution in [0.3, 0.4) is 0 Å². The number of ether oxygens (including phenoxy) is 1. The van der Waals surface area contributed by atoms with Gasteiger partial charge in [0.05, 0.1) is 12.7 Å². The number of unbranched alkanes of at least 4 members (excludes halogenated alkanes) is 4. The summed E-state index contributed by atoms with van der Waals surface area (Å²) in [7, 11) is 0. The van der Waals surface area contributed by atoms with E-state index in [4.69, 9.17) is 9.84 Å². The Kier molecular flexibility index (Phi) is 9.92. The van der Waals surface area contributed by atoms with Crippen molar-refractivity contribution in [1.82, 2.24) is 0 Å². The van der Waals surface area contributed by atoms with Crippen LogP contribution in [0.15, 0.2) is 24.3 Å². The van der Waals surface area contributed by atoms with E-state index in [0.29, 0.717) is 12.8 Å². The van der Waals surface area contributed by atoms with Crippen molar-refractivity contribution in [1.29, 1.82) is 0 Å². The number of benzene rings is 1. The first-order chi connectivity index (χ1) is 10.3. The summed E-state index contributed by atoms with van der Waals surface area (Å²) in [6.45, 7) is 3.06. The highest BCUT2D eigenvalue weighted by atomic mass is 16.5. The smallest absolute Gasteiger partial charge is 0.119 e. The summed E-state index contributed by atoms with van der Waals surface area (Å²) in [5.74, 6) is 0.921. The second-order valence-corrected chi connectivity index (χ2v) is 5.61. The molecule has 0 aliphatic carbocycles. The lowest BCUT2D eigenvalue weighted by Crippen LogP contribution is -2.09. The number of aliphatic hydroxyl groups is 2. The van der Waals surface area contributed by atoms with Crippen molar-refractivity contribution >= 4 is 0 Å². The second kappa shape index (κ2) is 11.6. The largest absolute Gasteiger partial charge is 0.494 e. The lowest BCUT2D eigenvalue weighted by Gasteiger charge is -2.10. The SMILES string of the molecule is CCCCCCCOc1ccc(CCC(O)CCO)cc1. The molecular weight excluding hydrogens is 264 g/mol. The van der Waals surface area contributed by atoms with Crippen LogP contribution in [0.1, 0.15) is 57.4 Å². The first-order valence-corrected chi connectivity index (χ1v) is 8.27. The third-order valence-electron chi connectivity index (χ3n) is 3.67. The predicted molar refractivity (Wildman–Crippen MR) is 86.7 cm³/mol. The van der Waals surface area contributed by atoms with Gasteiger partial charge in [-0.15, -0.1) is 0 Å². The zero-order valence-electron chi connectivity index (χ0n) is 13.3. The summed E-state index contributed by atoms with van der Waals surface area (Å²) in [5.41, 5.74) is 1.20. The minimum absolute atomic E-state index is 0.0478. The van der Waals surface area contributed by atoms with Gasteiger partial charge in [0.25, 0.3) is 0 Å². The fourth-order valence-electron chi connectivity index (χ4n) is 2.27. The maximum absolute atomic E-state index is 9.59. The van der Waals surface area contributed by atoms with E-state index >= 15 is 0 Å². The summed E-state index contributed by atoms with van der Waals surface area (Å²) in [5, 5.41) is 18.3. The predicted octanol–water partition coefficient (Wildman–Crippen LogP) is 3.71. The van der Waals surface area contributed by atoms with E-state index in [0.717, 1.165) is 25.2 Å². The van der Waals surface area contributed by atoms with Crippen LogP contribution in [0.5, 0.6) is 5.75 Å². The van der Waals surface area contributed by atoms with Gasteiger partial charge in [-0.05, 0) is 43.4 Å². The lowest BCUT2D eigenvalue weighted by molar-refractivity contribution is 0.125. The third kappa shape index (κ3) is 8.74. The molecule has 2 N–H and O–H groups in total. The molecule has 21 heavy (non-hydrogen) atoms. The van der Waals surface area contributed by atoms with E-state index in [-0.39, 0.29) is 6.61 Å². The van der Waals surface area contributed by atoms with Crippen molar-refractivity contribution in [2.24, 2.45) is 0 Å². The van der Waals surface area contributed by atoms with Crippen LogP contribution in [0.4, 0.5) is 0 Å². The molecule has 0 aliphatic rings. The zero-order valence-corrected chi connectivity index (χ0v) is 13.3. The number of aryl methyl sites for hydroxylation is 1. The van der Waals surface area contributed by atoms with Crippen molar-refractivity contribution in [3.63, 3.8) is 0 Å². The van der Waals surface area contributed by atoms with E-state index in [2.05, 4.69) is 19.1 Å². The molecule has 1 aromatic rings. The highest BCUT2D eigenvalue weighted by Gasteiger charge is 2.04. The Balaban J connectivity index is 2.18. The van der Waals surface area contributed by atoms with Crippen LogP contribution in [0.25, 0.3) is 0 Å². The number of rotatable bonds is 12. The van der Waals surface area contributed by atoms with Crippen molar-refractivity contribution < 1.29 is 14.9 Å². The highest BCUT2D eigenvalue weighted by molar-refractivity contribution is 5.27. The molecule has 0 radical (unpaired) electrons. The van der Waals surface area contributed by atoms with Gasteiger partial charge in [-0.2, -0.15) is 0 Å². The average molecular weight is 294 g/mol. The standard InChI is InChI=1S/C18H30O3/c1-2-3-4-5-6-15-21-18-11-8-16(9-12-18)7-10-17(20)13-14-19/h8-9,11-12,17,19-20H,2-7,10,13-15H2,1H3. The minimum atomic E-state index is -0.408. The van der Waals surface area contributed by atoms with Crippen LogP contribution in [0, 0.1) is 0 Å². The van der Waals surface area contributed by atoms with Crippen LogP contribution in [-0.4, -0.2) is 29.5 Å². The molecule has 0 saturated carbocycles. The van der Waals surface area contributed by atoms with E-state index in [1.165, 1.54) is 31.2 Å². The van der Waals surface area contributed by atoms with Gasteiger partial charge in [-0.25, -0.2) is 0 Å². The molecule has 0 saturated heterocycles. The topological polar surface area (TPSA) is 49.7 Å². The maximum atomic E-state index is 9.59. The Morgan fingerprint density at radius 3 is 2.38 bits per heavy atom. The van der Waals surface area contributed by atoms with Gasteiger partial charge in [-0.1, -0.05) is 44.7 Å². The Morgan fingerprint density at radius 2 is 1.71 bits per heavy atom. The molecule has 1 aromatic carbocycles. The summed E-state index contributed by atoms with van der Waals surface area (Å²) in [6.07, 6.45) is 7.83. The maximum Gasteiger partial charge on any atom is 0.119 e. The molecule has 0 aliphatic heterocycles. The van der Waals surface area contributed by atoms with Gasteiger partial charge >= 0.3 is 0 Å². The molecule has 0 fully saturated rings. The van der Waals surface area contributed by atoms with Gasteiger partial charge in [0.1, 0.15) is 5.75 Å². The third-order valence-corrected chi connectivity index (χ3v) is 3.67. The molecular formula is C18H30O3. The van der Waals surface area contributed by atoms with Crippen molar-refractivity contribution in [3.8, 4) is 5.75 Å². The molecule has 0 aromatic heterocycles. The second-order valence-electron chi connectivity index (χ2n) is 5.61. The van der Waals surface area contributed by atoms with E-state index in [9.17, 15) is 5.11 Å². The Labute approximate surface area is 129 Å². The Hall–Kier alpha value is -1.06. The zero-order chi connectivity index (χ0) is 15.3. The molecule has 1 unspecified atom stereocenters. The summed E-state index contributed by atoms with van der Waals surface area (Å²) < 4.78 is 5.72. The number of hydrogen-bond donors (Lipinski definition) is 2. The van der Waals surface area contributed by atoms with Crippen molar-refractivity contribution in [2.75, 3.05) is 13.2 Å². The molecule has 0 spiro atoms. The monoisotopic (exact) mass is 294 g/mol. The molecule has 3 heteroatoms. The molecule has 0 amide bonds. The fraction of sp³-hybridized carbons (Fsp3) is 0.667. The Bertz CT molecular complexity index is 348. The van der Waals surface area contributed by atoms with Crippen LogP contribution in [0.2, 0.25) is 0 Å². The van der Waals surface area contributed by atoms with Crippen LogP contribution >= 0.6 is 0 Å². The van der Waals surface area contributed by atoms with Gasteiger partial charge in [0.15, 0.2) is 0 Å². The van der Waals surface area contributed by atoms with Crippen LogP contribution in [-0.2, 0) is 6.42 Å². The lowest BCUT2D eigenvalue weighted by atomic mass is 10.1. The van der Waals surface area contributed by atoms with E-state index < -0.39 is 6.10 Å². The van der Waals surface area contributed by atoms with E-state index in [1.54, 1.807) is 0 Å². The highest BCUT2D eigenvalue weighted by Crippen LogP contribution is 2.15. The quantitative estimate of drug-likeness (QED) is 0.578. The molecule has 1 atom stereocenters. The fourth-order valence-corrected chi connectivity index (χ4v) is 2.27. The number of aliphatic hydroxyl groups excluding tert-OH is 2. The van der Waals surface area contributed by atoms with Gasteiger partial charge in [0.2, 0.25) is 0 Å². The summed E-state index contributed by atoms with van der Waals surface area (Å²) in [6, 6.07) is 8.11. The normalized spacial score (nSPS) is 12.3. The molecule has 3 nitrogen and oxygen atoms in total. The van der Waals surface area contributed by atoms with Crippen molar-refractivity contribution in [3.05, 3.63) is 29.8 Å². The number of hydrogen-bond acceptors (Lipinski definition) is 3. The van der Waals surface area contributed by atoms with Gasteiger partial charge < -0.3 is 14.9 Å². The molecule has 1 rings (SSSR count). The molecule has 0 heterocycles. The van der Waals surface area contributed by atoms with Crippen molar-refractivity contribution in [2.45, 2.75) is 64.4 Å².